The van der Waals surface area contributed by atoms with Gasteiger partial charge in [0.25, 0.3) is 0 Å². The predicted molar refractivity (Wildman–Crippen MR) is 88.7 cm³/mol. The van der Waals surface area contributed by atoms with Crippen LogP contribution in [0.5, 0.6) is 0 Å². The van der Waals surface area contributed by atoms with Crippen molar-refractivity contribution in [2.45, 2.75) is 64.6 Å². The molecule has 1 N–H and O–H groups in total. The molecular weight excluding hydrogens is 268 g/mol. The third kappa shape index (κ3) is 4.13. The van der Waals surface area contributed by atoms with E-state index >= 15 is 0 Å². The molecule has 0 atom stereocenters. The summed E-state index contributed by atoms with van der Waals surface area (Å²) in [6.07, 6.45) is 5.31. The molecule has 0 heterocycles. The highest BCUT2D eigenvalue weighted by molar-refractivity contribution is 6.30. The minimum atomic E-state index is 0.128. The molecule has 1 aromatic carbocycles. The Labute approximate surface area is 128 Å². The summed E-state index contributed by atoms with van der Waals surface area (Å²) < 4.78 is 0. The Balaban J connectivity index is 2.18. The lowest BCUT2D eigenvalue weighted by Crippen LogP contribution is -2.36. The van der Waals surface area contributed by atoms with Gasteiger partial charge in [-0.25, -0.2) is 0 Å². The van der Waals surface area contributed by atoms with Gasteiger partial charge in [-0.3, -0.25) is 0 Å². The molecule has 0 unspecified atom stereocenters. The highest BCUT2D eigenvalue weighted by Crippen LogP contribution is 2.31. The first-order valence-electron chi connectivity index (χ1n) is 7.63. The first-order chi connectivity index (χ1) is 9.37. The molecule has 20 heavy (non-hydrogen) atoms. The van der Waals surface area contributed by atoms with E-state index in [1.54, 1.807) is 0 Å². The van der Waals surface area contributed by atoms with Crippen molar-refractivity contribution in [1.29, 1.82) is 0 Å². The Kier molecular flexibility index (Phi) is 4.98. The molecule has 0 spiro atoms. The van der Waals surface area contributed by atoms with Crippen molar-refractivity contribution in [3.63, 3.8) is 0 Å². The highest BCUT2D eigenvalue weighted by atomic mass is 35.5. The molecule has 2 nitrogen and oxygen atoms in total. The number of benzene rings is 1. The van der Waals surface area contributed by atoms with Crippen LogP contribution >= 0.6 is 11.6 Å². The van der Waals surface area contributed by atoms with E-state index in [0.29, 0.717) is 6.04 Å². The van der Waals surface area contributed by atoms with Crippen molar-refractivity contribution >= 4 is 17.3 Å². The van der Waals surface area contributed by atoms with Crippen molar-refractivity contribution < 1.29 is 0 Å². The molecule has 0 amide bonds. The number of nitrogens with zero attached hydrogens (tertiary/aromatic N) is 1. The monoisotopic (exact) mass is 294 g/mol. The Bertz CT molecular complexity index is 445. The van der Waals surface area contributed by atoms with Gasteiger partial charge in [0.15, 0.2) is 0 Å². The van der Waals surface area contributed by atoms with Crippen molar-refractivity contribution in [1.82, 2.24) is 5.32 Å². The van der Waals surface area contributed by atoms with Crippen molar-refractivity contribution in [2.24, 2.45) is 0 Å². The second kappa shape index (κ2) is 6.36. The van der Waals surface area contributed by atoms with Crippen LogP contribution in [0.3, 0.4) is 0 Å². The van der Waals surface area contributed by atoms with Gasteiger partial charge in [0, 0.05) is 35.9 Å². The van der Waals surface area contributed by atoms with E-state index in [1.165, 1.54) is 36.9 Å². The average molecular weight is 295 g/mol. The van der Waals surface area contributed by atoms with Crippen LogP contribution in [-0.4, -0.2) is 18.6 Å². The number of hydrogen-bond acceptors (Lipinski definition) is 2. The van der Waals surface area contributed by atoms with Gasteiger partial charge in [0.05, 0.1) is 0 Å². The summed E-state index contributed by atoms with van der Waals surface area (Å²) in [6, 6.07) is 6.93. The van der Waals surface area contributed by atoms with Crippen LogP contribution in [0.15, 0.2) is 18.2 Å². The van der Waals surface area contributed by atoms with Crippen LogP contribution in [-0.2, 0) is 6.54 Å². The maximum absolute atomic E-state index is 6.21. The van der Waals surface area contributed by atoms with E-state index in [1.807, 2.05) is 6.07 Å². The van der Waals surface area contributed by atoms with Gasteiger partial charge in [-0.2, -0.15) is 0 Å². The smallest absolute Gasteiger partial charge is 0.0426 e. The molecule has 0 radical (unpaired) electrons. The summed E-state index contributed by atoms with van der Waals surface area (Å²) in [6.45, 7) is 7.48. The van der Waals surface area contributed by atoms with E-state index in [0.717, 1.165) is 11.6 Å². The predicted octanol–water partition coefficient (Wildman–Crippen LogP) is 4.61. The zero-order chi connectivity index (χ0) is 14.8. The van der Waals surface area contributed by atoms with Crippen LogP contribution in [0.4, 0.5) is 5.69 Å². The van der Waals surface area contributed by atoms with Crippen molar-refractivity contribution in [3.05, 3.63) is 28.8 Å². The molecule has 1 aromatic rings. The molecule has 1 aliphatic rings. The molecule has 0 bridgehead atoms. The fourth-order valence-electron chi connectivity index (χ4n) is 2.86. The first-order valence-corrected chi connectivity index (χ1v) is 8.01. The van der Waals surface area contributed by atoms with Gasteiger partial charge in [-0.05, 0) is 51.3 Å². The van der Waals surface area contributed by atoms with Crippen LogP contribution < -0.4 is 10.2 Å². The van der Waals surface area contributed by atoms with E-state index in [-0.39, 0.29) is 5.54 Å². The SMILES string of the molecule is CN(c1cc(Cl)ccc1CNC(C)(C)C)C1CCCC1. The highest BCUT2D eigenvalue weighted by Gasteiger charge is 2.22. The molecule has 0 saturated heterocycles. The summed E-state index contributed by atoms with van der Waals surface area (Å²) in [5, 5.41) is 4.40. The number of halogens is 1. The third-order valence-corrected chi connectivity index (χ3v) is 4.34. The number of nitrogens with one attached hydrogen (secondary N) is 1. The maximum atomic E-state index is 6.21. The van der Waals surface area contributed by atoms with Crippen LogP contribution in [0.25, 0.3) is 0 Å². The van der Waals surface area contributed by atoms with Gasteiger partial charge in [0.1, 0.15) is 0 Å². The minimum Gasteiger partial charge on any atom is -0.371 e. The summed E-state index contributed by atoms with van der Waals surface area (Å²) >= 11 is 6.21. The second-order valence-electron chi connectivity index (χ2n) is 6.93. The Hall–Kier alpha value is -0.730. The fourth-order valence-corrected chi connectivity index (χ4v) is 3.03. The zero-order valence-corrected chi connectivity index (χ0v) is 13.9. The molecule has 112 valence electrons. The summed E-state index contributed by atoms with van der Waals surface area (Å²) in [7, 11) is 2.21. The lowest BCUT2D eigenvalue weighted by Gasteiger charge is -2.30. The Morgan fingerprint density at radius 1 is 1.25 bits per heavy atom. The molecular formula is C17H27ClN2. The van der Waals surface area contributed by atoms with Crippen LogP contribution in [0.2, 0.25) is 5.02 Å². The van der Waals surface area contributed by atoms with E-state index < -0.39 is 0 Å². The second-order valence-corrected chi connectivity index (χ2v) is 7.36. The van der Waals surface area contributed by atoms with Gasteiger partial charge < -0.3 is 10.2 Å². The van der Waals surface area contributed by atoms with Gasteiger partial charge in [-0.15, -0.1) is 0 Å². The summed E-state index contributed by atoms with van der Waals surface area (Å²) in [5.74, 6) is 0. The molecule has 1 saturated carbocycles. The molecule has 2 rings (SSSR count). The zero-order valence-electron chi connectivity index (χ0n) is 13.2. The number of hydrogen-bond donors (Lipinski definition) is 1. The summed E-state index contributed by atoms with van der Waals surface area (Å²) in [5.41, 5.74) is 2.74. The van der Waals surface area contributed by atoms with Crippen molar-refractivity contribution in [2.75, 3.05) is 11.9 Å². The molecule has 3 heteroatoms. The lowest BCUT2D eigenvalue weighted by atomic mass is 10.1. The molecule has 1 aliphatic carbocycles. The molecule has 1 fully saturated rings. The maximum Gasteiger partial charge on any atom is 0.0426 e. The van der Waals surface area contributed by atoms with Gasteiger partial charge >= 0.3 is 0 Å². The van der Waals surface area contributed by atoms with Crippen molar-refractivity contribution in [3.8, 4) is 0 Å². The molecule has 0 aliphatic heterocycles. The van der Waals surface area contributed by atoms with E-state index in [4.69, 9.17) is 11.6 Å². The largest absolute Gasteiger partial charge is 0.371 e. The van der Waals surface area contributed by atoms with E-state index in [2.05, 4.69) is 50.2 Å². The van der Waals surface area contributed by atoms with E-state index in [9.17, 15) is 0 Å². The van der Waals surface area contributed by atoms with Crippen LogP contribution in [0, 0.1) is 0 Å². The Morgan fingerprint density at radius 3 is 2.50 bits per heavy atom. The average Bonchev–Trinajstić information content (AvgIpc) is 2.89. The summed E-state index contributed by atoms with van der Waals surface area (Å²) in [4.78, 5) is 2.43. The normalized spacial score (nSPS) is 16.6. The fraction of sp³-hybridized carbons (Fsp3) is 0.647. The standard InChI is InChI=1S/C17H27ClN2/c1-17(2,3)19-12-13-9-10-14(18)11-16(13)20(4)15-7-5-6-8-15/h9-11,15,19H,5-8,12H2,1-4H3. The number of anilines is 1. The topological polar surface area (TPSA) is 15.3 Å². The molecule has 0 aromatic heterocycles. The van der Waals surface area contributed by atoms with Gasteiger partial charge in [-0.1, -0.05) is 30.5 Å². The lowest BCUT2D eigenvalue weighted by molar-refractivity contribution is 0.424. The first kappa shape index (κ1) is 15.7. The number of rotatable bonds is 4. The minimum absolute atomic E-state index is 0.128. The quantitative estimate of drug-likeness (QED) is 0.872. The third-order valence-electron chi connectivity index (χ3n) is 4.11. The Morgan fingerprint density at radius 2 is 1.90 bits per heavy atom. The van der Waals surface area contributed by atoms with Crippen LogP contribution in [0.1, 0.15) is 52.0 Å². The van der Waals surface area contributed by atoms with Gasteiger partial charge in [0.2, 0.25) is 0 Å².